The van der Waals surface area contributed by atoms with E-state index in [4.69, 9.17) is 18.9 Å². The van der Waals surface area contributed by atoms with Crippen molar-refractivity contribution >= 4 is 35.7 Å². The number of ether oxygens (including phenoxy) is 4. The van der Waals surface area contributed by atoms with Crippen LogP contribution in [-0.2, 0) is 47.7 Å². The Hall–Kier alpha value is -3.44. The van der Waals surface area contributed by atoms with Crippen molar-refractivity contribution in [2.45, 2.75) is 97.4 Å². The Bertz CT molecular complexity index is 1010. The molecule has 0 N–H and O–H groups in total. The lowest BCUT2D eigenvalue weighted by Crippen LogP contribution is -2.45. The molecule has 0 radical (unpaired) electrons. The summed E-state index contributed by atoms with van der Waals surface area (Å²) in [6.07, 6.45) is 2.99. The standard InChI is InChI=1S/C27H40N2O10/c1-17(23(33)37-16-21(31)29-13-9-11-19(29)25(35)39-27(5,6)7)14-22(32)36-15-20(30)28-12-8-10-18(28)24(34)38-26(2,3)4/h14,18-19H,8-13,15-16H2,1-7H3/b17-14+/t18-,19-/m0/s1. The molecule has 2 aliphatic rings. The lowest BCUT2D eigenvalue weighted by molar-refractivity contribution is -0.165. The Morgan fingerprint density at radius 2 is 1.13 bits per heavy atom. The molecule has 12 nitrogen and oxygen atoms in total. The minimum atomic E-state index is -0.957. The quantitative estimate of drug-likeness (QED) is 0.248. The highest BCUT2D eigenvalue weighted by atomic mass is 16.6. The van der Waals surface area contributed by atoms with E-state index in [0.29, 0.717) is 38.8 Å². The van der Waals surface area contributed by atoms with E-state index in [1.807, 2.05) is 0 Å². The number of hydrogen-bond acceptors (Lipinski definition) is 10. The molecule has 2 aliphatic heterocycles. The van der Waals surface area contributed by atoms with Crippen LogP contribution in [0.25, 0.3) is 0 Å². The van der Waals surface area contributed by atoms with E-state index in [-0.39, 0.29) is 5.57 Å². The molecule has 39 heavy (non-hydrogen) atoms. The lowest BCUT2D eigenvalue weighted by atomic mass is 10.1. The van der Waals surface area contributed by atoms with Crippen LogP contribution in [0.1, 0.15) is 74.1 Å². The first-order chi connectivity index (χ1) is 18.0. The summed E-state index contributed by atoms with van der Waals surface area (Å²) in [5.41, 5.74) is -1.54. The number of esters is 4. The zero-order valence-corrected chi connectivity index (χ0v) is 23.9. The van der Waals surface area contributed by atoms with E-state index >= 15 is 0 Å². The Kier molecular flexibility index (Phi) is 10.7. The molecular formula is C27H40N2O10. The number of amides is 2. The Balaban J connectivity index is 1.83. The highest BCUT2D eigenvalue weighted by Gasteiger charge is 2.38. The highest BCUT2D eigenvalue weighted by molar-refractivity contribution is 5.97. The van der Waals surface area contributed by atoms with Crippen molar-refractivity contribution < 1.29 is 47.7 Å². The molecule has 0 spiro atoms. The predicted molar refractivity (Wildman–Crippen MR) is 137 cm³/mol. The third kappa shape index (κ3) is 9.99. The number of carbonyl (C=O) groups excluding carboxylic acids is 6. The van der Waals surface area contributed by atoms with Crippen LogP contribution >= 0.6 is 0 Å². The summed E-state index contributed by atoms with van der Waals surface area (Å²) in [6.45, 7) is 11.1. The topological polar surface area (TPSA) is 146 Å². The first-order valence-corrected chi connectivity index (χ1v) is 13.1. The second kappa shape index (κ2) is 13.1. The Labute approximate surface area is 228 Å². The molecule has 0 unspecified atom stereocenters. The van der Waals surface area contributed by atoms with Crippen molar-refractivity contribution in [2.75, 3.05) is 26.3 Å². The van der Waals surface area contributed by atoms with Crippen LogP contribution in [-0.4, -0.2) is 95.1 Å². The molecule has 2 heterocycles. The number of carbonyl (C=O) groups is 6. The average molecular weight is 553 g/mol. The largest absolute Gasteiger partial charge is 0.458 e. The van der Waals surface area contributed by atoms with Gasteiger partial charge in [-0.15, -0.1) is 0 Å². The second-order valence-electron chi connectivity index (χ2n) is 11.6. The summed E-state index contributed by atoms with van der Waals surface area (Å²) >= 11 is 0. The van der Waals surface area contributed by atoms with Crippen LogP contribution < -0.4 is 0 Å². The van der Waals surface area contributed by atoms with Gasteiger partial charge in [0.2, 0.25) is 0 Å². The van der Waals surface area contributed by atoms with E-state index in [0.717, 1.165) is 6.08 Å². The molecule has 2 atom stereocenters. The SMILES string of the molecule is C/C(=C\C(=O)OCC(=O)N1CCC[C@H]1C(=O)OC(C)(C)C)C(=O)OCC(=O)N1CCC[C@H]1C(=O)OC(C)(C)C. The van der Waals surface area contributed by atoms with Crippen molar-refractivity contribution in [3.63, 3.8) is 0 Å². The van der Waals surface area contributed by atoms with Crippen LogP contribution in [0.2, 0.25) is 0 Å². The van der Waals surface area contributed by atoms with Crippen LogP contribution in [0.3, 0.4) is 0 Å². The monoisotopic (exact) mass is 552 g/mol. The van der Waals surface area contributed by atoms with Gasteiger partial charge < -0.3 is 28.7 Å². The van der Waals surface area contributed by atoms with Crippen molar-refractivity contribution in [1.29, 1.82) is 0 Å². The minimum Gasteiger partial charge on any atom is -0.458 e. The van der Waals surface area contributed by atoms with Crippen molar-refractivity contribution in [3.05, 3.63) is 11.6 Å². The van der Waals surface area contributed by atoms with Gasteiger partial charge in [0.05, 0.1) is 0 Å². The third-order valence-corrected chi connectivity index (χ3v) is 5.82. The zero-order valence-electron chi connectivity index (χ0n) is 23.9. The summed E-state index contributed by atoms with van der Waals surface area (Å²) < 4.78 is 20.7. The molecule has 2 saturated heterocycles. The number of likely N-dealkylation sites (tertiary alicyclic amines) is 2. The van der Waals surface area contributed by atoms with E-state index in [2.05, 4.69) is 0 Å². The number of hydrogen-bond donors (Lipinski definition) is 0. The third-order valence-electron chi connectivity index (χ3n) is 5.82. The maximum atomic E-state index is 12.6. The van der Waals surface area contributed by atoms with Gasteiger partial charge >= 0.3 is 23.9 Å². The summed E-state index contributed by atoms with van der Waals surface area (Å²) in [6, 6.07) is -1.49. The van der Waals surface area contributed by atoms with E-state index in [1.165, 1.54) is 16.7 Å². The lowest BCUT2D eigenvalue weighted by Gasteiger charge is -2.27. The maximum absolute atomic E-state index is 12.6. The molecule has 0 aliphatic carbocycles. The Morgan fingerprint density at radius 1 is 0.718 bits per heavy atom. The molecule has 0 saturated carbocycles. The van der Waals surface area contributed by atoms with E-state index in [9.17, 15) is 28.8 Å². The number of nitrogens with zero attached hydrogens (tertiary/aromatic N) is 2. The van der Waals surface area contributed by atoms with Crippen LogP contribution in [0.4, 0.5) is 0 Å². The fourth-order valence-corrected chi connectivity index (χ4v) is 4.18. The molecule has 2 fully saturated rings. The smallest absolute Gasteiger partial charge is 0.334 e. The average Bonchev–Trinajstić information content (AvgIpc) is 3.48. The molecule has 0 aromatic heterocycles. The van der Waals surface area contributed by atoms with E-state index in [1.54, 1.807) is 41.5 Å². The van der Waals surface area contributed by atoms with Crippen molar-refractivity contribution in [3.8, 4) is 0 Å². The molecule has 218 valence electrons. The zero-order chi connectivity index (χ0) is 29.5. The minimum absolute atomic E-state index is 0.141. The van der Waals surface area contributed by atoms with Gasteiger partial charge in [-0.3, -0.25) is 9.59 Å². The first kappa shape index (κ1) is 31.8. The molecular weight excluding hydrogens is 512 g/mol. The molecule has 2 rings (SSSR count). The number of rotatable bonds is 8. The maximum Gasteiger partial charge on any atom is 0.334 e. The normalized spacial score (nSPS) is 19.9. The van der Waals surface area contributed by atoms with Crippen molar-refractivity contribution in [2.24, 2.45) is 0 Å². The fraction of sp³-hybridized carbons (Fsp3) is 0.704. The van der Waals surface area contributed by atoms with Gasteiger partial charge in [0.15, 0.2) is 13.2 Å². The summed E-state index contributed by atoms with van der Waals surface area (Å²) in [4.78, 5) is 77.1. The van der Waals surface area contributed by atoms with Crippen LogP contribution in [0.5, 0.6) is 0 Å². The summed E-state index contributed by atoms with van der Waals surface area (Å²) in [5.74, 6) is -4.02. The van der Waals surface area contributed by atoms with Crippen LogP contribution in [0, 0.1) is 0 Å². The molecule has 2 amide bonds. The Morgan fingerprint density at radius 3 is 1.54 bits per heavy atom. The highest BCUT2D eigenvalue weighted by Crippen LogP contribution is 2.22. The van der Waals surface area contributed by atoms with Gasteiger partial charge in [-0.25, -0.2) is 19.2 Å². The van der Waals surface area contributed by atoms with Gasteiger partial charge in [0, 0.05) is 24.7 Å². The van der Waals surface area contributed by atoms with Gasteiger partial charge in [0.1, 0.15) is 23.3 Å². The summed E-state index contributed by atoms with van der Waals surface area (Å²) in [7, 11) is 0. The molecule has 12 heteroatoms. The molecule has 0 bridgehead atoms. The van der Waals surface area contributed by atoms with Gasteiger partial charge in [0.25, 0.3) is 11.8 Å². The van der Waals surface area contributed by atoms with Crippen molar-refractivity contribution in [1.82, 2.24) is 9.80 Å². The predicted octanol–water partition coefficient (Wildman–Crippen LogP) is 1.68. The van der Waals surface area contributed by atoms with Gasteiger partial charge in [-0.1, -0.05) is 0 Å². The molecule has 0 aromatic carbocycles. The van der Waals surface area contributed by atoms with E-state index < -0.39 is 72.2 Å². The van der Waals surface area contributed by atoms with Crippen LogP contribution in [0.15, 0.2) is 11.6 Å². The summed E-state index contributed by atoms with van der Waals surface area (Å²) in [5, 5.41) is 0. The van der Waals surface area contributed by atoms with Gasteiger partial charge in [-0.2, -0.15) is 0 Å². The molecule has 0 aromatic rings. The second-order valence-corrected chi connectivity index (χ2v) is 11.6. The fourth-order valence-electron chi connectivity index (χ4n) is 4.18. The van der Waals surface area contributed by atoms with Gasteiger partial charge in [-0.05, 0) is 74.1 Å². The first-order valence-electron chi connectivity index (χ1n) is 13.1.